The van der Waals surface area contributed by atoms with E-state index < -0.39 is 7.82 Å². The number of likely N-dealkylation sites (N-methyl/N-ethyl adjacent to an activating group) is 1. The van der Waals surface area contributed by atoms with Crippen LogP contribution in [0.1, 0.15) is 68.2 Å². The first-order valence-electron chi connectivity index (χ1n) is 10.3. The lowest BCUT2D eigenvalue weighted by Crippen LogP contribution is -2.36. The molecular weight excluding hydrogens is 377 g/mol. The second-order valence-corrected chi connectivity index (χ2v) is 12.9. The van der Waals surface area contributed by atoms with Crippen molar-refractivity contribution in [2.75, 3.05) is 47.5 Å². The lowest BCUT2D eigenvalue weighted by Gasteiger charge is -2.29. The largest absolute Gasteiger partial charge is 0.756 e. The van der Waals surface area contributed by atoms with Crippen LogP contribution in [-0.4, -0.2) is 57.1 Å². The molecule has 0 saturated heterocycles. The molecule has 0 saturated carbocycles. The first kappa shape index (κ1) is 30.2. The van der Waals surface area contributed by atoms with Gasteiger partial charge in [0.2, 0.25) is 0 Å². The molecule has 0 heterocycles. The van der Waals surface area contributed by atoms with Crippen LogP contribution in [0.15, 0.2) is 0 Å². The van der Waals surface area contributed by atoms with Crippen molar-refractivity contribution in [2.45, 2.75) is 68.2 Å². The van der Waals surface area contributed by atoms with Crippen molar-refractivity contribution < 1.29 is 28.1 Å². The van der Waals surface area contributed by atoms with Gasteiger partial charge in [0.1, 0.15) is 6.54 Å². The van der Waals surface area contributed by atoms with Crippen molar-refractivity contribution in [3.05, 3.63) is 0 Å². The number of hydrogen-bond acceptors (Lipinski definition) is 5. The number of aliphatic hydroxyl groups is 1. The molecule has 0 aromatic carbocycles. The Hall–Kier alpha value is 0.0300. The van der Waals surface area contributed by atoms with E-state index in [1.54, 1.807) is 0 Å². The van der Waals surface area contributed by atoms with E-state index in [0.717, 1.165) is 23.9 Å². The molecule has 6 nitrogen and oxygen atoms in total. The highest BCUT2D eigenvalue weighted by molar-refractivity contribution is 7.45. The van der Waals surface area contributed by atoms with Crippen molar-refractivity contribution in [1.82, 2.24) is 0 Å². The van der Waals surface area contributed by atoms with E-state index in [9.17, 15) is 9.46 Å². The maximum atomic E-state index is 11.8. The third-order valence-corrected chi connectivity index (χ3v) is 4.66. The molecule has 0 rings (SSSR count). The van der Waals surface area contributed by atoms with Gasteiger partial charge in [-0.3, -0.25) is 4.57 Å². The number of hydrogen-bond donors (Lipinski definition) is 1. The maximum absolute atomic E-state index is 11.8. The lowest BCUT2D eigenvalue weighted by atomic mass is 9.86. The molecule has 0 aromatic rings. The summed E-state index contributed by atoms with van der Waals surface area (Å²) in [4.78, 5) is 11.8. The van der Waals surface area contributed by atoms with E-state index in [-0.39, 0.29) is 42.5 Å². The smallest absolute Gasteiger partial charge is 0.267 e. The quantitative estimate of drug-likeness (QED) is 0.417. The van der Waals surface area contributed by atoms with Gasteiger partial charge in [0.05, 0.1) is 41.0 Å². The van der Waals surface area contributed by atoms with Crippen molar-refractivity contribution in [3.8, 4) is 0 Å². The molecule has 0 bridgehead atoms. The minimum Gasteiger partial charge on any atom is -0.756 e. The molecule has 0 aromatic heterocycles. The molecule has 0 fully saturated rings. The highest BCUT2D eigenvalue weighted by Gasteiger charge is 2.20. The summed E-state index contributed by atoms with van der Waals surface area (Å²) in [5, 5.41) is 8.39. The second kappa shape index (κ2) is 12.7. The Morgan fingerprint density at radius 3 is 1.39 bits per heavy atom. The molecule has 28 heavy (non-hydrogen) atoms. The monoisotopic (exact) mass is 425 g/mol. The van der Waals surface area contributed by atoms with Crippen molar-refractivity contribution in [3.63, 3.8) is 0 Å². The number of rotatable bonds is 10. The topological polar surface area (TPSA) is 78.8 Å². The van der Waals surface area contributed by atoms with Gasteiger partial charge in [-0.15, -0.1) is 0 Å². The van der Waals surface area contributed by atoms with Gasteiger partial charge >= 0.3 is 0 Å². The molecular formula is C21H48NO5P. The number of quaternary nitrogens is 1. The Morgan fingerprint density at radius 1 is 0.893 bits per heavy atom. The van der Waals surface area contributed by atoms with Crippen LogP contribution in [0.4, 0.5) is 0 Å². The average Bonchev–Trinajstić information content (AvgIpc) is 2.39. The molecule has 172 valence electrons. The molecule has 0 aliphatic heterocycles. The van der Waals surface area contributed by atoms with Gasteiger partial charge in [-0.05, 0) is 35.5 Å². The second-order valence-electron chi connectivity index (χ2n) is 11.5. The van der Waals surface area contributed by atoms with Crippen LogP contribution >= 0.6 is 7.82 Å². The summed E-state index contributed by atoms with van der Waals surface area (Å²) in [5.74, 6) is 0.366. The fraction of sp³-hybridized carbons (Fsp3) is 1.00. The van der Waals surface area contributed by atoms with Crippen LogP contribution in [0.3, 0.4) is 0 Å². The Bertz CT molecular complexity index is 419. The average molecular weight is 426 g/mol. The van der Waals surface area contributed by atoms with Gasteiger partial charge in [0, 0.05) is 0 Å². The van der Waals surface area contributed by atoms with Crippen LogP contribution < -0.4 is 4.89 Å². The summed E-state index contributed by atoms with van der Waals surface area (Å²) in [6.07, 6.45) is 1.82. The van der Waals surface area contributed by atoms with Gasteiger partial charge in [-0.25, -0.2) is 0 Å². The van der Waals surface area contributed by atoms with Crippen molar-refractivity contribution in [1.29, 1.82) is 0 Å². The minimum absolute atomic E-state index is 0.164. The van der Waals surface area contributed by atoms with Crippen LogP contribution in [0.5, 0.6) is 0 Å². The highest BCUT2D eigenvalue weighted by atomic mass is 31.2. The van der Waals surface area contributed by atoms with Crippen LogP contribution in [0, 0.1) is 22.7 Å². The van der Waals surface area contributed by atoms with Crippen LogP contribution in [0.2, 0.25) is 0 Å². The van der Waals surface area contributed by atoms with Crippen LogP contribution in [-0.2, 0) is 13.6 Å². The van der Waals surface area contributed by atoms with E-state index in [0.29, 0.717) is 0 Å². The van der Waals surface area contributed by atoms with Gasteiger partial charge in [-0.2, -0.15) is 0 Å². The van der Waals surface area contributed by atoms with Crippen molar-refractivity contribution >= 4 is 7.82 Å². The molecule has 0 spiro atoms. The fourth-order valence-corrected chi connectivity index (χ4v) is 3.93. The molecule has 0 amide bonds. The zero-order chi connectivity index (χ0) is 22.8. The van der Waals surface area contributed by atoms with E-state index in [1.165, 1.54) is 0 Å². The highest BCUT2D eigenvalue weighted by Crippen LogP contribution is 2.40. The predicted octanol–water partition coefficient (Wildman–Crippen LogP) is 4.32. The molecule has 7 heteroatoms. The van der Waals surface area contributed by atoms with E-state index in [2.05, 4.69) is 62.7 Å². The number of nitrogens with zero attached hydrogens (tertiary/aromatic N) is 1. The lowest BCUT2D eigenvalue weighted by molar-refractivity contribution is -0.870. The third-order valence-electron chi connectivity index (χ3n) is 3.73. The summed E-state index contributed by atoms with van der Waals surface area (Å²) in [7, 11) is 1.97. The maximum Gasteiger partial charge on any atom is 0.267 e. The normalized spacial score (nSPS) is 17.3. The first-order valence-corrected chi connectivity index (χ1v) is 11.7. The van der Waals surface area contributed by atoms with Gasteiger partial charge in [0.15, 0.2) is 0 Å². The number of phosphoric ester groups is 1. The predicted molar refractivity (Wildman–Crippen MR) is 116 cm³/mol. The Labute approximate surface area is 174 Å². The molecule has 0 radical (unpaired) electrons. The van der Waals surface area contributed by atoms with Gasteiger partial charge in [0.25, 0.3) is 7.82 Å². The number of phosphoric acid groups is 1. The first-order chi connectivity index (χ1) is 12.3. The zero-order valence-electron chi connectivity index (χ0n) is 20.4. The molecule has 1 N–H and O–H groups in total. The summed E-state index contributed by atoms with van der Waals surface area (Å²) >= 11 is 0. The molecule has 0 aliphatic rings. The standard InChI is InChI=1S/C16H35O4P.C5H14NO/c1-13(9-15(3,4)5)11-19-21(17,18)20-12-14(2)10-16(6,7)8;1-6(2,3)4-5-7/h13-14H,9-12H2,1-8H3,(H,17,18);7H,4-5H2,1-3H3/q;+1/p-1. The summed E-state index contributed by atoms with van der Waals surface area (Å²) in [6, 6.07) is 0. The van der Waals surface area contributed by atoms with Crippen molar-refractivity contribution in [2.24, 2.45) is 22.7 Å². The molecule has 0 aliphatic carbocycles. The van der Waals surface area contributed by atoms with Gasteiger partial charge in [-0.1, -0.05) is 55.4 Å². The fourth-order valence-electron chi connectivity index (χ4n) is 2.98. The van der Waals surface area contributed by atoms with E-state index in [4.69, 9.17) is 14.2 Å². The third kappa shape index (κ3) is 24.1. The Morgan fingerprint density at radius 2 is 1.21 bits per heavy atom. The summed E-state index contributed by atoms with van der Waals surface area (Å²) < 4.78 is 22.6. The Balaban J connectivity index is 0. The summed E-state index contributed by atoms with van der Waals surface area (Å²) in [6.45, 7) is 18.3. The molecule has 2 unspecified atom stereocenters. The van der Waals surface area contributed by atoms with Gasteiger partial charge < -0.3 is 23.5 Å². The Kier molecular flexibility index (Phi) is 13.7. The molecule has 2 atom stereocenters. The minimum atomic E-state index is -4.18. The SMILES string of the molecule is CC(COP(=O)([O-])OCC(C)CC(C)(C)C)CC(C)(C)C.C[N+](C)(C)CCO. The van der Waals surface area contributed by atoms with Crippen LogP contribution in [0.25, 0.3) is 0 Å². The van der Waals surface area contributed by atoms with E-state index >= 15 is 0 Å². The zero-order valence-corrected chi connectivity index (χ0v) is 21.3. The van der Waals surface area contributed by atoms with E-state index in [1.807, 2.05) is 13.8 Å². The summed E-state index contributed by atoms with van der Waals surface area (Å²) in [5.41, 5.74) is 0.329. The number of aliphatic hydroxyl groups excluding tert-OH is 1.